The molecule has 0 saturated heterocycles. The van der Waals surface area contributed by atoms with E-state index in [0.29, 0.717) is 12.3 Å². The van der Waals surface area contributed by atoms with Gasteiger partial charge in [-0.05, 0) is 17.9 Å². The van der Waals surface area contributed by atoms with Crippen molar-refractivity contribution in [2.24, 2.45) is 5.92 Å². The van der Waals surface area contributed by atoms with Gasteiger partial charge in [-0.25, -0.2) is 9.59 Å². The van der Waals surface area contributed by atoms with Crippen molar-refractivity contribution in [3.05, 3.63) is 35.9 Å². The summed E-state index contributed by atoms with van der Waals surface area (Å²) in [6.45, 7) is 0.103. The van der Waals surface area contributed by atoms with E-state index in [-0.39, 0.29) is 6.61 Å². The molecule has 114 valence electrons. The summed E-state index contributed by atoms with van der Waals surface area (Å²) in [6, 6.07) is 8.35. The number of carboxylic acids is 1. The van der Waals surface area contributed by atoms with Crippen LogP contribution in [-0.2, 0) is 16.1 Å². The topological polar surface area (TPSA) is 95.9 Å². The van der Waals surface area contributed by atoms with Gasteiger partial charge in [0.2, 0.25) is 0 Å². The van der Waals surface area contributed by atoms with Crippen molar-refractivity contribution in [3.63, 3.8) is 0 Å². The summed E-state index contributed by atoms with van der Waals surface area (Å²) in [5.41, 5.74) is 0.838. The molecule has 1 saturated carbocycles. The Morgan fingerprint density at radius 1 is 1.29 bits per heavy atom. The number of amides is 1. The summed E-state index contributed by atoms with van der Waals surface area (Å²) in [5, 5.41) is 20.9. The van der Waals surface area contributed by atoms with Gasteiger partial charge >= 0.3 is 12.1 Å². The number of ether oxygens (including phenoxy) is 1. The van der Waals surface area contributed by atoms with Crippen LogP contribution in [0.25, 0.3) is 0 Å². The SMILES string of the molecule is O=C(NC(CC1CC1)C(O)C(=O)O)OCc1ccccc1. The first-order valence-corrected chi connectivity index (χ1v) is 6.94. The van der Waals surface area contributed by atoms with Gasteiger partial charge < -0.3 is 20.3 Å². The predicted octanol–water partition coefficient (Wildman–Crippen LogP) is 1.53. The first-order valence-electron chi connectivity index (χ1n) is 6.94. The van der Waals surface area contributed by atoms with Crippen LogP contribution in [0.5, 0.6) is 0 Å². The van der Waals surface area contributed by atoms with Gasteiger partial charge in [0.1, 0.15) is 6.61 Å². The van der Waals surface area contributed by atoms with Gasteiger partial charge in [-0.3, -0.25) is 0 Å². The normalized spacial score (nSPS) is 16.8. The van der Waals surface area contributed by atoms with E-state index in [1.165, 1.54) is 0 Å². The van der Waals surface area contributed by atoms with E-state index >= 15 is 0 Å². The first kappa shape index (κ1) is 15.3. The van der Waals surface area contributed by atoms with E-state index in [0.717, 1.165) is 18.4 Å². The van der Waals surface area contributed by atoms with E-state index in [1.807, 2.05) is 30.3 Å². The van der Waals surface area contributed by atoms with Gasteiger partial charge in [-0.2, -0.15) is 0 Å². The first-order chi connectivity index (χ1) is 10.1. The fourth-order valence-electron chi connectivity index (χ4n) is 2.07. The molecule has 1 fully saturated rings. The van der Waals surface area contributed by atoms with Crippen LogP contribution >= 0.6 is 0 Å². The average Bonchev–Trinajstić information content (AvgIpc) is 3.28. The summed E-state index contributed by atoms with van der Waals surface area (Å²) in [7, 11) is 0. The Bertz CT molecular complexity index is 486. The van der Waals surface area contributed by atoms with E-state index in [4.69, 9.17) is 9.84 Å². The van der Waals surface area contributed by atoms with Crippen LogP contribution in [0, 0.1) is 5.92 Å². The van der Waals surface area contributed by atoms with Gasteiger partial charge in [-0.15, -0.1) is 0 Å². The molecule has 21 heavy (non-hydrogen) atoms. The summed E-state index contributed by atoms with van der Waals surface area (Å²) >= 11 is 0. The van der Waals surface area contributed by atoms with Gasteiger partial charge in [0, 0.05) is 0 Å². The van der Waals surface area contributed by atoms with Crippen molar-refractivity contribution in [2.75, 3.05) is 0 Å². The van der Waals surface area contributed by atoms with E-state index < -0.39 is 24.2 Å². The number of carboxylic acid groups (broad SMARTS) is 1. The van der Waals surface area contributed by atoms with Gasteiger partial charge in [0.05, 0.1) is 6.04 Å². The lowest BCUT2D eigenvalue weighted by Crippen LogP contribution is -2.47. The van der Waals surface area contributed by atoms with Crippen LogP contribution in [0.15, 0.2) is 30.3 Å². The average molecular weight is 293 g/mol. The predicted molar refractivity (Wildman–Crippen MR) is 74.5 cm³/mol. The molecule has 1 aliphatic rings. The Morgan fingerprint density at radius 3 is 2.52 bits per heavy atom. The number of aliphatic hydroxyl groups excluding tert-OH is 1. The van der Waals surface area contributed by atoms with Crippen molar-refractivity contribution in [3.8, 4) is 0 Å². The molecule has 2 unspecified atom stereocenters. The third-order valence-corrected chi connectivity index (χ3v) is 3.43. The van der Waals surface area contributed by atoms with Crippen LogP contribution in [0.3, 0.4) is 0 Å². The monoisotopic (exact) mass is 293 g/mol. The summed E-state index contributed by atoms with van der Waals surface area (Å²) < 4.78 is 5.04. The largest absolute Gasteiger partial charge is 0.479 e. The standard InChI is InChI=1S/C15H19NO5/c17-13(14(18)19)12(8-10-6-7-10)16-15(20)21-9-11-4-2-1-3-5-11/h1-5,10,12-13,17H,6-9H2,(H,16,20)(H,18,19). The Morgan fingerprint density at radius 2 is 1.95 bits per heavy atom. The third kappa shape index (κ3) is 5.07. The molecule has 0 spiro atoms. The smallest absolute Gasteiger partial charge is 0.407 e. The van der Waals surface area contributed by atoms with Crippen molar-refractivity contribution in [1.29, 1.82) is 0 Å². The van der Waals surface area contributed by atoms with E-state index in [2.05, 4.69) is 5.32 Å². The highest BCUT2D eigenvalue weighted by molar-refractivity contribution is 5.75. The molecule has 0 radical (unpaired) electrons. The number of carbonyl (C=O) groups is 2. The number of aliphatic carboxylic acids is 1. The minimum Gasteiger partial charge on any atom is -0.479 e. The number of carbonyl (C=O) groups excluding carboxylic acids is 1. The maximum absolute atomic E-state index is 11.7. The van der Waals surface area contributed by atoms with Crippen LogP contribution in [0.4, 0.5) is 4.79 Å². The minimum absolute atomic E-state index is 0.103. The highest BCUT2D eigenvalue weighted by Crippen LogP contribution is 2.34. The zero-order valence-electron chi connectivity index (χ0n) is 11.6. The lowest BCUT2D eigenvalue weighted by Gasteiger charge is -2.21. The highest BCUT2D eigenvalue weighted by Gasteiger charge is 2.33. The molecule has 0 aliphatic heterocycles. The van der Waals surface area contributed by atoms with Gasteiger partial charge in [0.25, 0.3) is 0 Å². The Hall–Kier alpha value is -2.08. The summed E-state index contributed by atoms with van der Waals surface area (Å²) in [6.07, 6.45) is 0.126. The highest BCUT2D eigenvalue weighted by atomic mass is 16.5. The van der Waals surface area contributed by atoms with E-state index in [1.54, 1.807) is 0 Å². The molecule has 1 amide bonds. The number of benzene rings is 1. The molecular formula is C15H19NO5. The fraction of sp³-hybridized carbons (Fsp3) is 0.467. The van der Waals surface area contributed by atoms with Crippen LogP contribution < -0.4 is 5.32 Å². The van der Waals surface area contributed by atoms with Crippen molar-refractivity contribution >= 4 is 12.1 Å². The molecule has 1 aromatic carbocycles. The Balaban J connectivity index is 1.83. The number of aliphatic hydroxyl groups is 1. The van der Waals surface area contributed by atoms with Crippen molar-refractivity contribution < 1.29 is 24.5 Å². The Kier molecular flexibility index (Phi) is 5.16. The molecule has 1 aromatic rings. The van der Waals surface area contributed by atoms with Crippen LogP contribution in [0.1, 0.15) is 24.8 Å². The lowest BCUT2D eigenvalue weighted by molar-refractivity contribution is -0.148. The Labute approximate surface area is 122 Å². The fourth-order valence-corrected chi connectivity index (χ4v) is 2.07. The molecule has 3 N–H and O–H groups in total. The van der Waals surface area contributed by atoms with Crippen molar-refractivity contribution in [2.45, 2.75) is 38.0 Å². The quantitative estimate of drug-likeness (QED) is 0.708. The maximum atomic E-state index is 11.7. The zero-order valence-corrected chi connectivity index (χ0v) is 11.6. The minimum atomic E-state index is -1.62. The molecule has 6 heteroatoms. The second-order valence-electron chi connectivity index (χ2n) is 5.27. The molecule has 0 aromatic heterocycles. The number of nitrogens with one attached hydrogen (secondary N) is 1. The van der Waals surface area contributed by atoms with Crippen molar-refractivity contribution in [1.82, 2.24) is 5.32 Å². The van der Waals surface area contributed by atoms with Crippen LogP contribution in [-0.4, -0.2) is 34.4 Å². The third-order valence-electron chi connectivity index (χ3n) is 3.43. The maximum Gasteiger partial charge on any atom is 0.407 e. The molecule has 2 rings (SSSR count). The van der Waals surface area contributed by atoms with Crippen LogP contribution in [0.2, 0.25) is 0 Å². The van der Waals surface area contributed by atoms with Gasteiger partial charge in [0.15, 0.2) is 6.10 Å². The summed E-state index contributed by atoms with van der Waals surface area (Å²) in [5.74, 6) is -0.970. The van der Waals surface area contributed by atoms with E-state index in [9.17, 15) is 14.7 Å². The molecular weight excluding hydrogens is 274 g/mol. The lowest BCUT2D eigenvalue weighted by atomic mass is 10.0. The molecule has 6 nitrogen and oxygen atoms in total. The second-order valence-corrected chi connectivity index (χ2v) is 5.27. The molecule has 0 heterocycles. The summed E-state index contributed by atoms with van der Waals surface area (Å²) in [4.78, 5) is 22.6. The van der Waals surface area contributed by atoms with Gasteiger partial charge in [-0.1, -0.05) is 43.2 Å². The second kappa shape index (κ2) is 7.08. The molecule has 1 aliphatic carbocycles. The molecule has 2 atom stereocenters. The molecule has 0 bridgehead atoms. The number of hydrogen-bond donors (Lipinski definition) is 3. The zero-order chi connectivity index (χ0) is 15.2. The number of rotatable bonds is 7. The number of alkyl carbamates (subject to hydrolysis) is 1. The number of hydrogen-bond acceptors (Lipinski definition) is 4.